The number of aromatic nitrogens is 2. The van der Waals surface area contributed by atoms with Crippen molar-refractivity contribution >= 4 is 46.1 Å². The van der Waals surface area contributed by atoms with E-state index >= 15 is 0 Å². The number of nitrogens with zero attached hydrogens (tertiary/aromatic N) is 3. The highest BCUT2D eigenvalue weighted by atomic mass is 35.5. The molecule has 0 unspecified atom stereocenters. The second kappa shape index (κ2) is 10.7. The van der Waals surface area contributed by atoms with E-state index in [0.717, 1.165) is 43.9 Å². The summed E-state index contributed by atoms with van der Waals surface area (Å²) in [5.74, 6) is 1.22. The van der Waals surface area contributed by atoms with Crippen molar-refractivity contribution in [2.75, 3.05) is 38.2 Å². The van der Waals surface area contributed by atoms with Gasteiger partial charge in [0.2, 0.25) is 5.95 Å². The van der Waals surface area contributed by atoms with Crippen LogP contribution in [0.25, 0.3) is 11.0 Å². The quantitative estimate of drug-likeness (QED) is 0.352. The fourth-order valence-electron chi connectivity index (χ4n) is 3.95. The molecule has 1 fully saturated rings. The minimum absolute atomic E-state index is 0.118. The molecule has 1 aliphatic heterocycles. The highest BCUT2D eigenvalue weighted by Gasteiger charge is 2.18. The summed E-state index contributed by atoms with van der Waals surface area (Å²) in [6, 6.07) is 16.1. The van der Waals surface area contributed by atoms with Gasteiger partial charge in [-0.05, 0) is 42.5 Å². The number of carbonyl (C=O) groups excluding carboxylic acids is 1. The van der Waals surface area contributed by atoms with Crippen LogP contribution in [0.5, 0.6) is 5.75 Å². The maximum atomic E-state index is 13.0. The summed E-state index contributed by atoms with van der Waals surface area (Å²) in [6.07, 6.45) is 0. The molecule has 2 aromatic carbocycles. The number of hydrogen-bond donors (Lipinski definition) is 1. The van der Waals surface area contributed by atoms with E-state index in [-0.39, 0.29) is 18.3 Å². The number of furan rings is 1. The van der Waals surface area contributed by atoms with Gasteiger partial charge < -0.3 is 18.5 Å². The van der Waals surface area contributed by atoms with Crippen LogP contribution in [0.4, 0.5) is 5.95 Å². The molecule has 1 saturated heterocycles. The summed E-state index contributed by atoms with van der Waals surface area (Å²) in [5, 5.41) is 3.83. The number of ether oxygens (including phenoxy) is 2. The number of halogens is 2. The summed E-state index contributed by atoms with van der Waals surface area (Å²) >= 11 is 12.1. The lowest BCUT2D eigenvalue weighted by molar-refractivity contribution is 0.0366. The molecule has 35 heavy (non-hydrogen) atoms. The Hall–Kier alpha value is -3.04. The van der Waals surface area contributed by atoms with E-state index in [9.17, 15) is 4.79 Å². The molecular weight excluding hydrogens is 491 g/mol. The normalized spacial score (nSPS) is 14.3. The number of morpholine rings is 1. The van der Waals surface area contributed by atoms with Crippen LogP contribution in [0.1, 0.15) is 16.3 Å². The molecule has 0 radical (unpaired) electrons. The van der Waals surface area contributed by atoms with Gasteiger partial charge in [0.15, 0.2) is 5.76 Å². The molecule has 4 aromatic rings. The van der Waals surface area contributed by atoms with Crippen LogP contribution in [0.15, 0.2) is 59.0 Å². The predicted octanol–water partition coefficient (Wildman–Crippen LogP) is 5.10. The van der Waals surface area contributed by atoms with E-state index in [0.29, 0.717) is 34.0 Å². The topological polar surface area (TPSA) is 81.8 Å². The summed E-state index contributed by atoms with van der Waals surface area (Å²) < 4.78 is 18.9. The van der Waals surface area contributed by atoms with Crippen molar-refractivity contribution in [1.82, 2.24) is 14.5 Å². The largest absolute Gasteiger partial charge is 0.484 e. The standard InChI is InChI=1S/C25H24Cl2N4O4/c26-17-5-7-22(19(27)15-17)34-16-18-6-8-23(35-18)24(32)29-25-28-20-3-1-2-4-21(20)31(25)10-9-30-11-13-33-14-12-30/h1-8,15H,9-14,16H2,(H,28,29,32). The van der Waals surface area contributed by atoms with Gasteiger partial charge in [0.05, 0.1) is 29.3 Å². The molecular formula is C25H24Cl2N4O4. The minimum atomic E-state index is -0.385. The fourth-order valence-corrected chi connectivity index (χ4v) is 4.41. The highest BCUT2D eigenvalue weighted by molar-refractivity contribution is 6.35. The van der Waals surface area contributed by atoms with Crippen LogP contribution in [0.2, 0.25) is 10.0 Å². The van der Waals surface area contributed by atoms with Gasteiger partial charge in [-0.15, -0.1) is 0 Å². The summed E-state index contributed by atoms with van der Waals surface area (Å²) in [6.45, 7) is 4.91. The first kappa shape index (κ1) is 23.7. The second-order valence-electron chi connectivity index (χ2n) is 8.11. The highest BCUT2D eigenvalue weighted by Crippen LogP contribution is 2.28. The van der Waals surface area contributed by atoms with Crippen molar-refractivity contribution < 1.29 is 18.7 Å². The molecule has 1 N–H and O–H groups in total. The second-order valence-corrected chi connectivity index (χ2v) is 8.96. The molecule has 1 aliphatic rings. The van der Waals surface area contributed by atoms with Crippen LogP contribution in [0, 0.1) is 0 Å². The van der Waals surface area contributed by atoms with Gasteiger partial charge in [0, 0.05) is 31.2 Å². The molecule has 0 spiro atoms. The zero-order chi connectivity index (χ0) is 24.2. The Morgan fingerprint density at radius 2 is 1.89 bits per heavy atom. The van der Waals surface area contributed by atoms with Crippen molar-refractivity contribution in [3.05, 3.63) is 76.2 Å². The van der Waals surface area contributed by atoms with Crippen molar-refractivity contribution in [2.24, 2.45) is 0 Å². The van der Waals surface area contributed by atoms with Crippen LogP contribution >= 0.6 is 23.2 Å². The fraction of sp³-hybridized carbons (Fsp3) is 0.280. The number of rotatable bonds is 8. The van der Waals surface area contributed by atoms with Gasteiger partial charge in [-0.2, -0.15) is 0 Å². The zero-order valence-corrected chi connectivity index (χ0v) is 20.4. The third-order valence-corrected chi connectivity index (χ3v) is 6.30. The smallest absolute Gasteiger partial charge is 0.293 e. The molecule has 8 nitrogen and oxygen atoms in total. The molecule has 5 rings (SSSR count). The number of nitrogens with one attached hydrogen (secondary N) is 1. The Bertz CT molecular complexity index is 1330. The zero-order valence-electron chi connectivity index (χ0n) is 18.9. The van der Waals surface area contributed by atoms with Gasteiger partial charge in [-0.25, -0.2) is 4.98 Å². The third kappa shape index (κ3) is 5.62. The van der Waals surface area contributed by atoms with E-state index in [1.54, 1.807) is 30.3 Å². The predicted molar refractivity (Wildman–Crippen MR) is 134 cm³/mol. The molecule has 3 heterocycles. The number of fused-ring (bicyclic) bond motifs is 1. The maximum absolute atomic E-state index is 13.0. The van der Waals surface area contributed by atoms with Crippen molar-refractivity contribution in [2.45, 2.75) is 13.2 Å². The van der Waals surface area contributed by atoms with Crippen LogP contribution in [-0.4, -0.2) is 53.2 Å². The third-order valence-electron chi connectivity index (χ3n) is 5.77. The number of amides is 1. The van der Waals surface area contributed by atoms with E-state index in [2.05, 4.69) is 15.2 Å². The van der Waals surface area contributed by atoms with E-state index < -0.39 is 0 Å². The first-order chi connectivity index (χ1) is 17.1. The number of benzene rings is 2. The monoisotopic (exact) mass is 514 g/mol. The van der Waals surface area contributed by atoms with Crippen molar-refractivity contribution in [3.8, 4) is 5.75 Å². The molecule has 10 heteroatoms. The van der Waals surface area contributed by atoms with Gasteiger partial charge in [0.1, 0.15) is 18.1 Å². The lowest BCUT2D eigenvalue weighted by Gasteiger charge is -2.26. The van der Waals surface area contributed by atoms with Gasteiger partial charge >= 0.3 is 0 Å². The number of para-hydroxylation sites is 2. The van der Waals surface area contributed by atoms with Gasteiger partial charge in [-0.3, -0.25) is 15.0 Å². The van der Waals surface area contributed by atoms with Gasteiger partial charge in [-0.1, -0.05) is 35.3 Å². The molecule has 0 aliphatic carbocycles. The number of imidazole rings is 1. The summed E-state index contributed by atoms with van der Waals surface area (Å²) in [4.78, 5) is 19.9. The van der Waals surface area contributed by atoms with Crippen LogP contribution in [0.3, 0.4) is 0 Å². The Kier molecular flexibility index (Phi) is 7.24. The van der Waals surface area contributed by atoms with E-state index in [4.69, 9.17) is 37.1 Å². The summed E-state index contributed by atoms with van der Waals surface area (Å²) in [5.41, 5.74) is 1.78. The molecule has 182 valence electrons. The molecule has 2 aromatic heterocycles. The number of carbonyl (C=O) groups is 1. The number of anilines is 1. The maximum Gasteiger partial charge on any atom is 0.293 e. The number of hydrogen-bond acceptors (Lipinski definition) is 6. The average molecular weight is 515 g/mol. The Morgan fingerprint density at radius 3 is 2.71 bits per heavy atom. The van der Waals surface area contributed by atoms with Gasteiger partial charge in [0.25, 0.3) is 5.91 Å². The minimum Gasteiger partial charge on any atom is -0.484 e. The average Bonchev–Trinajstić information content (AvgIpc) is 3.47. The Labute approximate surface area is 212 Å². The lowest BCUT2D eigenvalue weighted by atomic mass is 10.3. The first-order valence-corrected chi connectivity index (χ1v) is 12.1. The Balaban J connectivity index is 1.27. The molecule has 0 saturated carbocycles. The van der Waals surface area contributed by atoms with Crippen LogP contribution < -0.4 is 10.1 Å². The molecule has 1 amide bonds. The molecule has 0 atom stereocenters. The van der Waals surface area contributed by atoms with Crippen molar-refractivity contribution in [3.63, 3.8) is 0 Å². The van der Waals surface area contributed by atoms with E-state index in [1.165, 1.54) is 0 Å². The summed E-state index contributed by atoms with van der Waals surface area (Å²) in [7, 11) is 0. The van der Waals surface area contributed by atoms with Crippen molar-refractivity contribution in [1.29, 1.82) is 0 Å². The van der Waals surface area contributed by atoms with Crippen LogP contribution in [-0.2, 0) is 17.9 Å². The Morgan fingerprint density at radius 1 is 1.06 bits per heavy atom. The van der Waals surface area contributed by atoms with E-state index in [1.807, 2.05) is 28.8 Å². The first-order valence-electron chi connectivity index (χ1n) is 11.3. The lowest BCUT2D eigenvalue weighted by Crippen LogP contribution is -2.38. The SMILES string of the molecule is O=C(Nc1nc2ccccc2n1CCN1CCOCC1)c1ccc(COc2ccc(Cl)cc2Cl)o1. The molecule has 0 bridgehead atoms.